The first-order chi connectivity index (χ1) is 8.72. The van der Waals surface area contributed by atoms with Gasteiger partial charge in [-0.05, 0) is 18.2 Å². The zero-order valence-electron chi connectivity index (χ0n) is 9.18. The first-order valence-corrected chi connectivity index (χ1v) is 4.98. The van der Waals surface area contributed by atoms with Crippen LogP contribution in [0.25, 0.3) is 0 Å². The van der Waals surface area contributed by atoms with E-state index in [1.54, 1.807) is 12.1 Å². The molecule has 18 heavy (non-hydrogen) atoms. The van der Waals surface area contributed by atoms with Gasteiger partial charge in [0.05, 0.1) is 5.56 Å². The molecule has 4 N–H and O–H groups in total. The predicted octanol–water partition coefficient (Wildman–Crippen LogP) is 1.52. The van der Waals surface area contributed by atoms with Crippen molar-refractivity contribution in [2.24, 2.45) is 5.84 Å². The summed E-state index contributed by atoms with van der Waals surface area (Å²) in [7, 11) is 0. The van der Waals surface area contributed by atoms with Gasteiger partial charge in [-0.25, -0.2) is 20.2 Å². The number of nitrogens with one attached hydrogen (secondary N) is 2. The van der Waals surface area contributed by atoms with E-state index in [-0.39, 0.29) is 5.56 Å². The summed E-state index contributed by atoms with van der Waals surface area (Å²) in [6.07, 6.45) is 1.33. The third-order valence-electron chi connectivity index (χ3n) is 2.17. The van der Waals surface area contributed by atoms with E-state index in [0.717, 1.165) is 0 Å². The molecular weight excluding hydrogens is 235 g/mol. The van der Waals surface area contributed by atoms with Crippen molar-refractivity contribution < 1.29 is 4.39 Å². The number of nitrogens with two attached hydrogens (primary N) is 1. The lowest BCUT2D eigenvalue weighted by molar-refractivity contribution is 0.624. The second kappa shape index (κ2) is 5.07. The number of nitrogen functional groups attached to an aromatic ring is 1. The lowest BCUT2D eigenvalue weighted by Crippen LogP contribution is -2.09. The average molecular weight is 244 g/mol. The molecule has 2 rings (SSSR count). The SMILES string of the molecule is N#Cc1cc(Nc2cc(NN)ncn2)ccc1F. The lowest BCUT2D eigenvalue weighted by atomic mass is 10.2. The second-order valence-corrected chi connectivity index (χ2v) is 3.36. The van der Waals surface area contributed by atoms with Crippen molar-refractivity contribution >= 4 is 17.3 Å². The van der Waals surface area contributed by atoms with E-state index in [1.807, 2.05) is 0 Å². The van der Waals surface area contributed by atoms with Crippen LogP contribution in [0.2, 0.25) is 0 Å². The molecule has 0 atom stereocenters. The largest absolute Gasteiger partial charge is 0.340 e. The number of nitrogens with zero attached hydrogens (tertiary/aromatic N) is 3. The van der Waals surface area contributed by atoms with Gasteiger partial charge in [0.25, 0.3) is 0 Å². The van der Waals surface area contributed by atoms with Crippen molar-refractivity contribution in [2.45, 2.75) is 0 Å². The van der Waals surface area contributed by atoms with Crippen LogP contribution < -0.4 is 16.6 Å². The highest BCUT2D eigenvalue weighted by Gasteiger charge is 2.04. The number of hydrogen-bond donors (Lipinski definition) is 3. The summed E-state index contributed by atoms with van der Waals surface area (Å²) in [4.78, 5) is 7.81. The minimum Gasteiger partial charge on any atom is -0.340 e. The highest BCUT2D eigenvalue weighted by molar-refractivity contribution is 5.60. The summed E-state index contributed by atoms with van der Waals surface area (Å²) >= 11 is 0. The van der Waals surface area contributed by atoms with Gasteiger partial charge >= 0.3 is 0 Å². The minimum absolute atomic E-state index is 0.0359. The molecule has 7 heteroatoms. The van der Waals surface area contributed by atoms with Crippen LogP contribution >= 0.6 is 0 Å². The Morgan fingerprint density at radius 3 is 2.72 bits per heavy atom. The van der Waals surface area contributed by atoms with Crippen LogP contribution in [-0.4, -0.2) is 9.97 Å². The van der Waals surface area contributed by atoms with E-state index in [0.29, 0.717) is 17.3 Å². The summed E-state index contributed by atoms with van der Waals surface area (Å²) in [5, 5.41) is 11.6. The normalized spacial score (nSPS) is 9.61. The molecule has 0 saturated carbocycles. The fourth-order valence-electron chi connectivity index (χ4n) is 1.34. The maximum atomic E-state index is 13.1. The Morgan fingerprint density at radius 2 is 2.00 bits per heavy atom. The van der Waals surface area contributed by atoms with Gasteiger partial charge in [0.15, 0.2) is 0 Å². The lowest BCUT2D eigenvalue weighted by Gasteiger charge is -2.07. The molecule has 0 saturated heterocycles. The molecule has 0 aliphatic rings. The van der Waals surface area contributed by atoms with Gasteiger partial charge in [0, 0.05) is 11.8 Å². The smallest absolute Gasteiger partial charge is 0.145 e. The van der Waals surface area contributed by atoms with Gasteiger partial charge in [-0.15, -0.1) is 0 Å². The van der Waals surface area contributed by atoms with Crippen molar-refractivity contribution in [3.63, 3.8) is 0 Å². The number of hydrogen-bond acceptors (Lipinski definition) is 6. The summed E-state index contributed by atoms with van der Waals surface area (Å²) in [6, 6.07) is 7.46. The van der Waals surface area contributed by atoms with E-state index in [1.165, 1.54) is 24.5 Å². The van der Waals surface area contributed by atoms with Crippen LogP contribution in [0.3, 0.4) is 0 Å². The van der Waals surface area contributed by atoms with Crippen LogP contribution in [0.5, 0.6) is 0 Å². The quantitative estimate of drug-likeness (QED) is 0.559. The molecule has 2 aromatic rings. The number of nitriles is 1. The molecular formula is C11H9FN6. The third kappa shape index (κ3) is 2.50. The minimum atomic E-state index is -0.560. The number of rotatable bonds is 3. The number of benzene rings is 1. The molecule has 0 amide bonds. The fourth-order valence-corrected chi connectivity index (χ4v) is 1.34. The molecule has 0 bridgehead atoms. The van der Waals surface area contributed by atoms with Gasteiger partial charge < -0.3 is 10.7 Å². The standard InChI is InChI=1S/C11H9FN6/c12-9-2-1-8(3-7(9)5-13)17-10-4-11(18-14)16-6-15-10/h1-4,6H,14H2,(H2,15,16,17,18). The molecule has 1 heterocycles. The molecule has 0 radical (unpaired) electrons. The maximum absolute atomic E-state index is 13.1. The van der Waals surface area contributed by atoms with Gasteiger partial charge in [0.1, 0.15) is 29.8 Å². The maximum Gasteiger partial charge on any atom is 0.145 e. The molecule has 0 spiro atoms. The van der Waals surface area contributed by atoms with E-state index < -0.39 is 5.82 Å². The van der Waals surface area contributed by atoms with Crippen LogP contribution in [0.15, 0.2) is 30.6 Å². The molecule has 90 valence electrons. The third-order valence-corrected chi connectivity index (χ3v) is 2.17. The number of halogens is 1. The predicted molar refractivity (Wildman–Crippen MR) is 64.2 cm³/mol. The highest BCUT2D eigenvalue weighted by atomic mass is 19.1. The first-order valence-electron chi connectivity index (χ1n) is 4.98. The number of hydrazine groups is 1. The average Bonchev–Trinajstić information content (AvgIpc) is 2.41. The van der Waals surface area contributed by atoms with Crippen molar-refractivity contribution in [1.29, 1.82) is 5.26 Å². The molecule has 6 nitrogen and oxygen atoms in total. The zero-order chi connectivity index (χ0) is 13.0. The van der Waals surface area contributed by atoms with Gasteiger partial charge in [-0.2, -0.15) is 5.26 Å². The topological polar surface area (TPSA) is 99.7 Å². The van der Waals surface area contributed by atoms with Crippen molar-refractivity contribution in [1.82, 2.24) is 9.97 Å². The zero-order valence-corrected chi connectivity index (χ0v) is 9.18. The van der Waals surface area contributed by atoms with Crippen LogP contribution in [0, 0.1) is 17.1 Å². The summed E-state index contributed by atoms with van der Waals surface area (Å²) in [6.45, 7) is 0. The fraction of sp³-hybridized carbons (Fsp3) is 0. The van der Waals surface area contributed by atoms with E-state index in [4.69, 9.17) is 11.1 Å². The Balaban J connectivity index is 2.26. The molecule has 1 aromatic heterocycles. The molecule has 0 unspecified atom stereocenters. The number of aromatic nitrogens is 2. The van der Waals surface area contributed by atoms with Crippen molar-refractivity contribution in [3.8, 4) is 6.07 Å². The summed E-state index contributed by atoms with van der Waals surface area (Å²) in [5.41, 5.74) is 2.90. The Morgan fingerprint density at radius 1 is 1.22 bits per heavy atom. The Bertz CT molecular complexity index is 607. The molecule has 1 aromatic carbocycles. The monoisotopic (exact) mass is 244 g/mol. The second-order valence-electron chi connectivity index (χ2n) is 3.36. The summed E-state index contributed by atoms with van der Waals surface area (Å²) < 4.78 is 13.1. The van der Waals surface area contributed by atoms with E-state index >= 15 is 0 Å². The molecule has 0 fully saturated rings. The van der Waals surface area contributed by atoms with Gasteiger partial charge in [0.2, 0.25) is 0 Å². The van der Waals surface area contributed by atoms with E-state index in [9.17, 15) is 4.39 Å². The molecule has 0 aliphatic heterocycles. The Hall–Kier alpha value is -2.72. The highest BCUT2D eigenvalue weighted by Crippen LogP contribution is 2.18. The van der Waals surface area contributed by atoms with Crippen LogP contribution in [0.1, 0.15) is 5.56 Å². The van der Waals surface area contributed by atoms with Gasteiger partial charge in [-0.3, -0.25) is 0 Å². The number of anilines is 3. The van der Waals surface area contributed by atoms with Crippen LogP contribution in [0.4, 0.5) is 21.7 Å². The van der Waals surface area contributed by atoms with Crippen molar-refractivity contribution in [2.75, 3.05) is 10.7 Å². The first kappa shape index (κ1) is 11.8. The van der Waals surface area contributed by atoms with E-state index in [2.05, 4.69) is 20.7 Å². The van der Waals surface area contributed by atoms with Gasteiger partial charge in [-0.1, -0.05) is 0 Å². The van der Waals surface area contributed by atoms with Crippen molar-refractivity contribution in [3.05, 3.63) is 42.0 Å². The van der Waals surface area contributed by atoms with Crippen LogP contribution in [-0.2, 0) is 0 Å². The Labute approximate surface area is 102 Å². The summed E-state index contributed by atoms with van der Waals surface area (Å²) in [5.74, 6) is 5.58. The molecule has 0 aliphatic carbocycles. The Kier molecular flexibility index (Phi) is 3.31.